The van der Waals surface area contributed by atoms with Gasteiger partial charge in [-0.1, -0.05) is 0 Å². The quantitative estimate of drug-likeness (QED) is 0.727. The molecule has 6 nitrogen and oxygen atoms in total. The molecule has 4 aliphatic heterocycles. The van der Waals surface area contributed by atoms with Crippen LogP contribution < -0.4 is 0 Å². The molecule has 0 aliphatic carbocycles. The van der Waals surface area contributed by atoms with Crippen LogP contribution in [0.3, 0.4) is 0 Å². The normalized spacial score (nSPS) is 36.5. The number of hydrogen-bond donors (Lipinski definition) is 3. The standard InChI is InChI=1S/C19H22N2O4/c22-13-1-2-15-16(8-20-17(15)7-13)19(24)25-14-5-11-3-10-4-12(6-14)21(11)9-18(10)23/h1-2,7-8,10-12,14,18,20,22-23H,3-6,9H2/t10?,11-,12+,14?,18-/m1/s1. The minimum atomic E-state index is -0.304. The Morgan fingerprint density at radius 1 is 1.20 bits per heavy atom. The van der Waals surface area contributed by atoms with E-state index in [1.807, 2.05) is 0 Å². The maximum Gasteiger partial charge on any atom is 0.340 e. The minimum Gasteiger partial charge on any atom is -0.508 e. The summed E-state index contributed by atoms with van der Waals surface area (Å²) in [5, 5.41) is 20.4. The third-order valence-electron chi connectivity index (χ3n) is 6.26. The molecule has 1 aromatic heterocycles. The zero-order valence-corrected chi connectivity index (χ0v) is 13.9. The number of aromatic nitrogens is 1. The summed E-state index contributed by atoms with van der Waals surface area (Å²) in [6.07, 6.45) is 5.14. The average Bonchev–Trinajstić information content (AvgIpc) is 2.98. The molecule has 6 atom stereocenters. The van der Waals surface area contributed by atoms with Gasteiger partial charge in [0.05, 0.1) is 11.7 Å². The van der Waals surface area contributed by atoms with E-state index in [1.54, 1.807) is 24.4 Å². The van der Waals surface area contributed by atoms with Crippen molar-refractivity contribution in [3.8, 4) is 5.75 Å². The van der Waals surface area contributed by atoms with E-state index in [4.69, 9.17) is 4.74 Å². The molecule has 4 saturated heterocycles. The van der Waals surface area contributed by atoms with Crippen molar-refractivity contribution in [2.45, 2.75) is 50.0 Å². The predicted octanol–water partition coefficient (Wildman–Crippen LogP) is 2.02. The fourth-order valence-electron chi connectivity index (χ4n) is 5.10. The summed E-state index contributed by atoms with van der Waals surface area (Å²) < 4.78 is 5.83. The topological polar surface area (TPSA) is 85.8 Å². The highest BCUT2D eigenvalue weighted by Gasteiger charge is 2.49. The monoisotopic (exact) mass is 342 g/mol. The molecule has 4 bridgehead atoms. The van der Waals surface area contributed by atoms with Crippen LogP contribution >= 0.6 is 0 Å². The van der Waals surface area contributed by atoms with Crippen LogP contribution in [-0.2, 0) is 4.74 Å². The SMILES string of the molecule is O=C(OC1C[C@@H]2CC3C[C@H](C1)N2C[C@H]3O)c1c[nH]c2cc(O)ccc12. The zero-order valence-electron chi connectivity index (χ0n) is 13.9. The number of hydrogen-bond acceptors (Lipinski definition) is 5. The number of aromatic hydroxyl groups is 1. The molecule has 0 spiro atoms. The minimum absolute atomic E-state index is 0.0583. The fraction of sp³-hybridized carbons (Fsp3) is 0.526. The number of fused-ring (bicyclic) bond motifs is 2. The van der Waals surface area contributed by atoms with E-state index < -0.39 is 0 Å². The number of aliphatic hydroxyl groups excluding tert-OH is 1. The van der Waals surface area contributed by atoms with E-state index in [1.165, 1.54) is 0 Å². The molecule has 3 N–H and O–H groups in total. The second-order valence-corrected chi connectivity index (χ2v) is 7.73. The molecule has 1 aromatic carbocycles. The number of esters is 1. The number of aliphatic hydroxyl groups is 1. The molecule has 6 heteroatoms. The highest BCUT2D eigenvalue weighted by atomic mass is 16.5. The largest absolute Gasteiger partial charge is 0.508 e. The Morgan fingerprint density at radius 3 is 2.68 bits per heavy atom. The molecule has 0 amide bonds. The first kappa shape index (κ1) is 15.2. The molecule has 4 aliphatic rings. The lowest BCUT2D eigenvalue weighted by Crippen LogP contribution is -2.64. The Balaban J connectivity index is 1.32. The van der Waals surface area contributed by atoms with Crippen LogP contribution in [0.5, 0.6) is 5.75 Å². The van der Waals surface area contributed by atoms with Crippen molar-refractivity contribution in [3.63, 3.8) is 0 Å². The van der Waals surface area contributed by atoms with Gasteiger partial charge in [0, 0.05) is 54.6 Å². The van der Waals surface area contributed by atoms with E-state index in [9.17, 15) is 15.0 Å². The van der Waals surface area contributed by atoms with Crippen LogP contribution in [0.2, 0.25) is 0 Å². The Morgan fingerprint density at radius 2 is 1.96 bits per heavy atom. The number of nitrogens with zero attached hydrogens (tertiary/aromatic N) is 1. The van der Waals surface area contributed by atoms with Crippen LogP contribution in [0.15, 0.2) is 24.4 Å². The Hall–Kier alpha value is -2.05. The van der Waals surface area contributed by atoms with E-state index in [-0.39, 0.29) is 23.9 Å². The third kappa shape index (κ3) is 2.43. The molecule has 0 radical (unpaired) electrons. The second kappa shape index (κ2) is 5.47. The zero-order chi connectivity index (χ0) is 17.1. The lowest BCUT2D eigenvalue weighted by Gasteiger charge is -2.56. The summed E-state index contributed by atoms with van der Waals surface area (Å²) in [6, 6.07) is 5.77. The van der Waals surface area contributed by atoms with Crippen LogP contribution in [0.1, 0.15) is 36.0 Å². The lowest BCUT2D eigenvalue weighted by atomic mass is 9.71. The first-order valence-corrected chi connectivity index (χ1v) is 9.03. The smallest absolute Gasteiger partial charge is 0.340 e. The van der Waals surface area contributed by atoms with E-state index >= 15 is 0 Å². The number of piperidine rings is 4. The summed E-state index contributed by atoms with van der Waals surface area (Å²) >= 11 is 0. The maximum absolute atomic E-state index is 12.6. The lowest BCUT2D eigenvalue weighted by molar-refractivity contribution is -0.130. The van der Waals surface area contributed by atoms with Gasteiger partial charge in [-0.15, -0.1) is 0 Å². The van der Waals surface area contributed by atoms with E-state index in [0.29, 0.717) is 23.6 Å². The number of benzene rings is 1. The van der Waals surface area contributed by atoms with Crippen molar-refractivity contribution in [1.29, 1.82) is 0 Å². The highest BCUT2D eigenvalue weighted by molar-refractivity contribution is 6.04. The average molecular weight is 342 g/mol. The van der Waals surface area contributed by atoms with Crippen molar-refractivity contribution in [3.05, 3.63) is 30.0 Å². The van der Waals surface area contributed by atoms with Gasteiger partial charge in [-0.2, -0.15) is 0 Å². The van der Waals surface area contributed by atoms with E-state index in [2.05, 4.69) is 9.88 Å². The number of ether oxygens (including phenoxy) is 1. The molecule has 25 heavy (non-hydrogen) atoms. The van der Waals surface area contributed by atoms with Crippen molar-refractivity contribution >= 4 is 16.9 Å². The Bertz CT molecular complexity index is 816. The van der Waals surface area contributed by atoms with E-state index in [0.717, 1.165) is 43.1 Å². The molecule has 3 unspecified atom stereocenters. The van der Waals surface area contributed by atoms with Gasteiger partial charge in [0.2, 0.25) is 0 Å². The van der Waals surface area contributed by atoms with Gasteiger partial charge < -0.3 is 19.9 Å². The number of carbonyl (C=O) groups is 1. The summed E-state index contributed by atoms with van der Waals surface area (Å²) in [4.78, 5) is 18.1. The van der Waals surface area contributed by atoms with Crippen molar-refractivity contribution < 1.29 is 19.7 Å². The molecular weight excluding hydrogens is 320 g/mol. The van der Waals surface area contributed by atoms with Crippen molar-refractivity contribution in [2.24, 2.45) is 5.92 Å². The van der Waals surface area contributed by atoms with Crippen LogP contribution in [0, 0.1) is 5.92 Å². The second-order valence-electron chi connectivity index (χ2n) is 7.73. The van der Waals surface area contributed by atoms with Gasteiger partial charge >= 0.3 is 5.97 Å². The molecule has 5 heterocycles. The predicted molar refractivity (Wildman–Crippen MR) is 91.4 cm³/mol. The number of nitrogens with one attached hydrogen (secondary N) is 1. The Labute approximate surface area is 145 Å². The van der Waals surface area contributed by atoms with Crippen molar-refractivity contribution in [2.75, 3.05) is 6.54 Å². The summed E-state index contributed by atoms with van der Waals surface area (Å²) in [7, 11) is 0. The van der Waals surface area contributed by atoms with Crippen LogP contribution in [0.25, 0.3) is 10.9 Å². The molecule has 4 fully saturated rings. The first-order chi connectivity index (χ1) is 12.1. The molecule has 6 rings (SSSR count). The summed E-state index contributed by atoms with van der Waals surface area (Å²) in [6.45, 7) is 0.770. The summed E-state index contributed by atoms with van der Waals surface area (Å²) in [5.74, 6) is 0.278. The van der Waals surface area contributed by atoms with Gasteiger partial charge in [-0.3, -0.25) is 4.90 Å². The molecular formula is C19H22N2O4. The highest BCUT2D eigenvalue weighted by Crippen LogP contribution is 2.43. The number of rotatable bonds is 2. The van der Waals surface area contributed by atoms with Crippen LogP contribution in [-0.4, -0.2) is 56.9 Å². The fourth-order valence-corrected chi connectivity index (χ4v) is 5.10. The van der Waals surface area contributed by atoms with Gasteiger partial charge in [0.1, 0.15) is 11.9 Å². The van der Waals surface area contributed by atoms with Gasteiger partial charge in [0.15, 0.2) is 0 Å². The van der Waals surface area contributed by atoms with Crippen molar-refractivity contribution in [1.82, 2.24) is 9.88 Å². The molecule has 0 saturated carbocycles. The van der Waals surface area contributed by atoms with Gasteiger partial charge in [-0.05, 0) is 30.9 Å². The van der Waals surface area contributed by atoms with Crippen LogP contribution in [0.4, 0.5) is 0 Å². The number of carbonyl (C=O) groups excluding carboxylic acids is 1. The summed E-state index contributed by atoms with van der Waals surface area (Å²) in [5.41, 5.74) is 1.24. The third-order valence-corrected chi connectivity index (χ3v) is 6.26. The number of phenolic OH excluding ortho intramolecular Hbond substituents is 1. The Kier molecular flexibility index (Phi) is 3.33. The van der Waals surface area contributed by atoms with Gasteiger partial charge in [-0.25, -0.2) is 4.79 Å². The molecule has 2 aromatic rings. The van der Waals surface area contributed by atoms with Gasteiger partial charge in [0.25, 0.3) is 0 Å². The molecule has 132 valence electrons. The number of aromatic amines is 1. The number of H-pyrrole nitrogens is 1. The first-order valence-electron chi connectivity index (χ1n) is 9.03. The maximum atomic E-state index is 12.6. The number of phenols is 1.